The highest BCUT2D eigenvalue weighted by Crippen LogP contribution is 2.24. The van der Waals surface area contributed by atoms with Crippen molar-refractivity contribution in [2.75, 3.05) is 11.9 Å². The van der Waals surface area contributed by atoms with E-state index in [0.29, 0.717) is 22.9 Å². The second-order valence-corrected chi connectivity index (χ2v) is 6.49. The molecule has 116 valence electrons. The van der Waals surface area contributed by atoms with Gasteiger partial charge in [0.2, 0.25) is 0 Å². The minimum Gasteiger partial charge on any atom is -0.493 e. The molecule has 2 aromatic carbocycles. The van der Waals surface area contributed by atoms with Crippen LogP contribution in [0.25, 0.3) is 0 Å². The fraction of sp³-hybridized carbons (Fsp3) is 0.235. The van der Waals surface area contributed by atoms with Gasteiger partial charge in [-0.05, 0) is 65.4 Å². The molecule has 2 rings (SSSR count). The predicted molar refractivity (Wildman–Crippen MR) is 99.0 cm³/mol. The van der Waals surface area contributed by atoms with Crippen molar-refractivity contribution in [3.8, 4) is 5.75 Å². The van der Waals surface area contributed by atoms with Crippen molar-refractivity contribution in [3.05, 3.63) is 56.6 Å². The summed E-state index contributed by atoms with van der Waals surface area (Å²) in [6.07, 6.45) is 1.98. The maximum Gasteiger partial charge on any atom is 0.259 e. The first-order valence-corrected chi connectivity index (χ1v) is 8.55. The Hall–Kier alpha value is -1.27. The van der Waals surface area contributed by atoms with Crippen LogP contribution in [-0.4, -0.2) is 12.5 Å². The van der Waals surface area contributed by atoms with Gasteiger partial charge in [-0.3, -0.25) is 4.79 Å². The molecule has 0 aliphatic carbocycles. The fourth-order valence-corrected chi connectivity index (χ4v) is 2.61. The molecule has 0 saturated heterocycles. The second-order valence-electron chi connectivity index (χ2n) is 4.81. The molecule has 3 nitrogen and oxygen atoms in total. The SMILES string of the molecule is CCCCOc1ccc(Cl)cc1C(=O)Nc1cccc(I)c1. The molecule has 0 spiro atoms. The molecule has 1 N–H and O–H groups in total. The zero-order valence-corrected chi connectivity index (χ0v) is 15.1. The Morgan fingerprint density at radius 3 is 2.82 bits per heavy atom. The lowest BCUT2D eigenvalue weighted by molar-refractivity contribution is 0.102. The molecule has 1 amide bonds. The molecule has 0 fully saturated rings. The lowest BCUT2D eigenvalue weighted by atomic mass is 10.1. The van der Waals surface area contributed by atoms with Gasteiger partial charge in [-0.2, -0.15) is 0 Å². The Kier molecular flexibility index (Phi) is 6.51. The summed E-state index contributed by atoms with van der Waals surface area (Å²) in [6.45, 7) is 2.68. The maximum atomic E-state index is 12.5. The molecule has 0 aliphatic heterocycles. The van der Waals surface area contributed by atoms with Crippen LogP contribution in [0.15, 0.2) is 42.5 Å². The van der Waals surface area contributed by atoms with E-state index in [1.807, 2.05) is 24.3 Å². The first-order chi connectivity index (χ1) is 10.6. The van der Waals surface area contributed by atoms with Crippen molar-refractivity contribution in [2.24, 2.45) is 0 Å². The third kappa shape index (κ3) is 4.88. The van der Waals surface area contributed by atoms with E-state index >= 15 is 0 Å². The van der Waals surface area contributed by atoms with Crippen molar-refractivity contribution < 1.29 is 9.53 Å². The number of rotatable bonds is 6. The first-order valence-electron chi connectivity index (χ1n) is 7.09. The number of anilines is 1. The smallest absolute Gasteiger partial charge is 0.259 e. The third-order valence-electron chi connectivity index (χ3n) is 3.02. The van der Waals surface area contributed by atoms with Crippen LogP contribution in [0.2, 0.25) is 5.02 Å². The van der Waals surface area contributed by atoms with E-state index in [0.717, 1.165) is 22.1 Å². The molecular weight excluding hydrogens is 413 g/mol. The molecule has 22 heavy (non-hydrogen) atoms. The van der Waals surface area contributed by atoms with Gasteiger partial charge < -0.3 is 10.1 Å². The van der Waals surface area contributed by atoms with E-state index in [1.54, 1.807) is 18.2 Å². The normalized spacial score (nSPS) is 10.3. The highest BCUT2D eigenvalue weighted by molar-refractivity contribution is 14.1. The quantitative estimate of drug-likeness (QED) is 0.495. The summed E-state index contributed by atoms with van der Waals surface area (Å²) in [4.78, 5) is 12.5. The molecule has 0 aliphatic rings. The van der Waals surface area contributed by atoms with Gasteiger partial charge in [0, 0.05) is 14.3 Å². The molecule has 2 aromatic rings. The Balaban J connectivity index is 2.18. The Bertz CT molecular complexity index is 661. The number of unbranched alkanes of at least 4 members (excludes halogenated alkanes) is 1. The van der Waals surface area contributed by atoms with Crippen molar-refractivity contribution in [1.29, 1.82) is 0 Å². The average molecular weight is 430 g/mol. The molecule has 0 bridgehead atoms. The number of carbonyl (C=O) groups excluding carboxylic acids is 1. The van der Waals surface area contributed by atoms with Crippen LogP contribution < -0.4 is 10.1 Å². The van der Waals surface area contributed by atoms with Gasteiger partial charge in [0.05, 0.1) is 12.2 Å². The number of halogens is 2. The number of hydrogen-bond donors (Lipinski definition) is 1. The predicted octanol–water partition coefficient (Wildman–Crippen LogP) is 5.38. The van der Waals surface area contributed by atoms with Crippen molar-refractivity contribution in [1.82, 2.24) is 0 Å². The van der Waals surface area contributed by atoms with E-state index in [9.17, 15) is 4.79 Å². The Morgan fingerprint density at radius 2 is 2.09 bits per heavy atom. The van der Waals surface area contributed by atoms with Crippen LogP contribution in [0.5, 0.6) is 5.75 Å². The largest absolute Gasteiger partial charge is 0.493 e. The van der Waals surface area contributed by atoms with Crippen LogP contribution in [0, 0.1) is 3.57 Å². The van der Waals surface area contributed by atoms with Gasteiger partial charge in [0.1, 0.15) is 5.75 Å². The summed E-state index contributed by atoms with van der Waals surface area (Å²) in [6, 6.07) is 12.7. The lowest BCUT2D eigenvalue weighted by Crippen LogP contribution is -2.14. The fourth-order valence-electron chi connectivity index (χ4n) is 1.90. The highest BCUT2D eigenvalue weighted by atomic mass is 127. The minimum atomic E-state index is -0.226. The summed E-state index contributed by atoms with van der Waals surface area (Å²) in [5.41, 5.74) is 1.19. The highest BCUT2D eigenvalue weighted by Gasteiger charge is 2.14. The van der Waals surface area contributed by atoms with Gasteiger partial charge >= 0.3 is 0 Å². The number of ether oxygens (including phenoxy) is 1. The topological polar surface area (TPSA) is 38.3 Å². The molecule has 0 unspecified atom stereocenters. The number of carbonyl (C=O) groups is 1. The third-order valence-corrected chi connectivity index (χ3v) is 3.93. The average Bonchev–Trinajstić information content (AvgIpc) is 2.49. The standard InChI is InChI=1S/C17H17ClINO2/c1-2-3-9-22-16-8-7-12(18)10-15(16)17(21)20-14-6-4-5-13(19)11-14/h4-8,10-11H,2-3,9H2,1H3,(H,20,21). The van der Waals surface area contributed by atoms with Crippen molar-refractivity contribution in [3.63, 3.8) is 0 Å². The number of amides is 1. The van der Waals surface area contributed by atoms with Crippen LogP contribution in [0.1, 0.15) is 30.1 Å². The zero-order valence-electron chi connectivity index (χ0n) is 12.2. The first kappa shape index (κ1) is 17.1. The van der Waals surface area contributed by atoms with E-state index in [1.165, 1.54) is 0 Å². The second kappa shape index (κ2) is 8.39. The summed E-state index contributed by atoms with van der Waals surface area (Å²) >= 11 is 8.22. The Morgan fingerprint density at radius 1 is 1.27 bits per heavy atom. The van der Waals surface area contributed by atoms with Crippen molar-refractivity contribution >= 4 is 45.8 Å². The monoisotopic (exact) mass is 429 g/mol. The van der Waals surface area contributed by atoms with E-state index < -0.39 is 0 Å². The molecule has 0 heterocycles. The van der Waals surface area contributed by atoms with E-state index in [2.05, 4.69) is 34.8 Å². The van der Waals surface area contributed by atoms with E-state index in [-0.39, 0.29) is 5.91 Å². The maximum absolute atomic E-state index is 12.5. The lowest BCUT2D eigenvalue weighted by Gasteiger charge is -2.12. The van der Waals surface area contributed by atoms with Gasteiger partial charge in [-0.1, -0.05) is 31.0 Å². The van der Waals surface area contributed by atoms with Gasteiger partial charge in [-0.15, -0.1) is 0 Å². The van der Waals surface area contributed by atoms with Crippen molar-refractivity contribution in [2.45, 2.75) is 19.8 Å². The van der Waals surface area contributed by atoms with Crippen LogP contribution in [-0.2, 0) is 0 Å². The van der Waals surface area contributed by atoms with Gasteiger partial charge in [0.15, 0.2) is 0 Å². The van der Waals surface area contributed by atoms with Crippen LogP contribution in [0.3, 0.4) is 0 Å². The molecular formula is C17H17ClINO2. The molecule has 0 saturated carbocycles. The molecule has 5 heteroatoms. The van der Waals surface area contributed by atoms with Gasteiger partial charge in [-0.25, -0.2) is 0 Å². The van der Waals surface area contributed by atoms with E-state index in [4.69, 9.17) is 16.3 Å². The zero-order chi connectivity index (χ0) is 15.9. The summed E-state index contributed by atoms with van der Waals surface area (Å²) in [5, 5.41) is 3.38. The summed E-state index contributed by atoms with van der Waals surface area (Å²) < 4.78 is 6.75. The summed E-state index contributed by atoms with van der Waals surface area (Å²) in [7, 11) is 0. The number of benzene rings is 2. The number of hydrogen-bond acceptors (Lipinski definition) is 2. The van der Waals surface area contributed by atoms with Crippen LogP contribution >= 0.6 is 34.2 Å². The van der Waals surface area contributed by atoms with Gasteiger partial charge in [0.25, 0.3) is 5.91 Å². The Labute approximate surface area is 149 Å². The molecule has 0 atom stereocenters. The molecule has 0 radical (unpaired) electrons. The summed E-state index contributed by atoms with van der Waals surface area (Å²) in [5.74, 6) is 0.331. The minimum absolute atomic E-state index is 0.226. The van der Waals surface area contributed by atoms with Crippen LogP contribution in [0.4, 0.5) is 5.69 Å². The molecule has 0 aromatic heterocycles. The number of nitrogens with one attached hydrogen (secondary N) is 1.